The van der Waals surface area contributed by atoms with Crippen LogP contribution in [0.5, 0.6) is 0 Å². The second-order valence-electron chi connectivity index (χ2n) is 4.51. The van der Waals surface area contributed by atoms with Gasteiger partial charge in [0.1, 0.15) is 11.0 Å². The van der Waals surface area contributed by atoms with Gasteiger partial charge in [-0.1, -0.05) is 12.2 Å². The van der Waals surface area contributed by atoms with Crippen molar-refractivity contribution in [1.82, 2.24) is 0 Å². The predicted octanol–water partition coefficient (Wildman–Crippen LogP) is 1.85. The summed E-state index contributed by atoms with van der Waals surface area (Å²) in [6.45, 7) is 3.12. The first-order chi connectivity index (χ1) is 9.13. The average Bonchev–Trinajstić information content (AvgIpc) is 2.88. The lowest BCUT2D eigenvalue weighted by molar-refractivity contribution is -0.144. The predicted molar refractivity (Wildman–Crippen MR) is 79.3 cm³/mol. The van der Waals surface area contributed by atoms with Gasteiger partial charge in [0.2, 0.25) is 0 Å². The lowest BCUT2D eigenvalue weighted by Crippen LogP contribution is -2.37. The van der Waals surface area contributed by atoms with Crippen molar-refractivity contribution in [2.24, 2.45) is 5.73 Å². The maximum atomic E-state index is 11.9. The molecule has 0 bridgehead atoms. The second-order valence-corrected chi connectivity index (χ2v) is 4.95. The number of nitrogens with two attached hydrogens (primary N) is 1. The highest BCUT2D eigenvalue weighted by Crippen LogP contribution is 2.26. The molecule has 4 nitrogen and oxygen atoms in total. The fourth-order valence-electron chi connectivity index (χ4n) is 2.38. The number of benzene rings is 1. The Morgan fingerprint density at radius 3 is 2.74 bits per heavy atom. The fourth-order valence-corrected chi connectivity index (χ4v) is 2.51. The molecule has 5 heteroatoms. The van der Waals surface area contributed by atoms with Gasteiger partial charge in [0.25, 0.3) is 0 Å². The van der Waals surface area contributed by atoms with Crippen LogP contribution in [0.1, 0.15) is 25.3 Å². The Morgan fingerprint density at radius 2 is 2.16 bits per heavy atom. The number of rotatable bonds is 4. The van der Waals surface area contributed by atoms with Gasteiger partial charge in [0.05, 0.1) is 6.61 Å². The first-order valence-electron chi connectivity index (χ1n) is 6.46. The maximum Gasteiger partial charge on any atom is 0.328 e. The van der Waals surface area contributed by atoms with Gasteiger partial charge in [-0.3, -0.25) is 0 Å². The molecule has 2 rings (SSSR count). The van der Waals surface area contributed by atoms with E-state index in [0.717, 1.165) is 30.6 Å². The van der Waals surface area contributed by atoms with E-state index in [4.69, 9.17) is 22.7 Å². The molecule has 0 radical (unpaired) electrons. The summed E-state index contributed by atoms with van der Waals surface area (Å²) in [5, 5.41) is 0. The van der Waals surface area contributed by atoms with E-state index in [2.05, 4.69) is 4.90 Å². The van der Waals surface area contributed by atoms with Crippen LogP contribution < -0.4 is 10.6 Å². The van der Waals surface area contributed by atoms with Crippen molar-refractivity contribution in [1.29, 1.82) is 0 Å². The van der Waals surface area contributed by atoms with Crippen molar-refractivity contribution in [2.45, 2.75) is 25.8 Å². The molecule has 1 aromatic carbocycles. The van der Waals surface area contributed by atoms with Gasteiger partial charge in [-0.25, -0.2) is 4.79 Å². The van der Waals surface area contributed by atoms with Gasteiger partial charge in [-0.2, -0.15) is 0 Å². The van der Waals surface area contributed by atoms with Gasteiger partial charge >= 0.3 is 5.97 Å². The second kappa shape index (κ2) is 6.02. The van der Waals surface area contributed by atoms with Crippen LogP contribution in [-0.2, 0) is 9.53 Å². The summed E-state index contributed by atoms with van der Waals surface area (Å²) in [4.78, 5) is 14.4. The van der Waals surface area contributed by atoms with E-state index in [9.17, 15) is 4.79 Å². The monoisotopic (exact) mass is 278 g/mol. The van der Waals surface area contributed by atoms with Crippen molar-refractivity contribution in [2.75, 3.05) is 18.1 Å². The Kier molecular flexibility index (Phi) is 4.37. The molecule has 0 spiro atoms. The molecular formula is C14H18N2O2S. The molecule has 1 heterocycles. The molecule has 102 valence electrons. The normalized spacial score (nSPS) is 18.4. The van der Waals surface area contributed by atoms with E-state index < -0.39 is 0 Å². The summed E-state index contributed by atoms with van der Waals surface area (Å²) in [7, 11) is 0. The number of ether oxygens (including phenoxy) is 1. The van der Waals surface area contributed by atoms with Crippen LogP contribution in [0.3, 0.4) is 0 Å². The molecule has 0 amide bonds. The van der Waals surface area contributed by atoms with E-state index in [1.165, 1.54) is 0 Å². The zero-order valence-corrected chi connectivity index (χ0v) is 11.8. The minimum absolute atomic E-state index is 0.140. The van der Waals surface area contributed by atoms with Crippen molar-refractivity contribution < 1.29 is 9.53 Å². The number of carbonyl (C=O) groups excluding carboxylic acids is 1. The van der Waals surface area contributed by atoms with Crippen molar-refractivity contribution in [3.05, 3.63) is 29.8 Å². The molecule has 1 aliphatic heterocycles. The minimum atomic E-state index is -0.171. The number of esters is 1. The average molecular weight is 278 g/mol. The smallest absolute Gasteiger partial charge is 0.328 e. The highest BCUT2D eigenvalue weighted by molar-refractivity contribution is 7.80. The third-order valence-electron chi connectivity index (χ3n) is 3.29. The Hall–Kier alpha value is -1.62. The number of thiocarbonyl (C=S) groups is 1. The standard InChI is InChI=1S/C14H18N2O2S/c1-2-18-14(17)12-4-3-9-16(12)11-7-5-10(6-8-11)13(15)19/h5-8,12H,2-4,9H2,1H3,(H2,15,19). The minimum Gasteiger partial charge on any atom is -0.464 e. The summed E-state index contributed by atoms with van der Waals surface area (Å²) in [5.74, 6) is -0.140. The summed E-state index contributed by atoms with van der Waals surface area (Å²) >= 11 is 4.93. The van der Waals surface area contributed by atoms with E-state index >= 15 is 0 Å². The lowest BCUT2D eigenvalue weighted by Gasteiger charge is -2.25. The lowest BCUT2D eigenvalue weighted by atomic mass is 10.1. The SMILES string of the molecule is CCOC(=O)C1CCCN1c1ccc(C(N)=S)cc1. The van der Waals surface area contributed by atoms with Crippen LogP contribution >= 0.6 is 12.2 Å². The summed E-state index contributed by atoms with van der Waals surface area (Å²) in [6, 6.07) is 7.50. The van der Waals surface area contributed by atoms with Gasteiger partial charge in [-0.15, -0.1) is 0 Å². The van der Waals surface area contributed by atoms with Crippen LogP contribution in [0.2, 0.25) is 0 Å². The number of carbonyl (C=O) groups is 1. The zero-order valence-electron chi connectivity index (χ0n) is 11.0. The summed E-state index contributed by atoms with van der Waals surface area (Å²) in [5.41, 5.74) is 7.42. The van der Waals surface area contributed by atoms with Crippen LogP contribution in [0, 0.1) is 0 Å². The molecule has 1 aromatic rings. The van der Waals surface area contributed by atoms with E-state index in [1.807, 2.05) is 31.2 Å². The summed E-state index contributed by atoms with van der Waals surface area (Å²) in [6.07, 6.45) is 1.84. The quantitative estimate of drug-likeness (QED) is 0.673. The molecule has 2 N–H and O–H groups in total. The first kappa shape index (κ1) is 13.8. The van der Waals surface area contributed by atoms with Crippen molar-refractivity contribution in [3.8, 4) is 0 Å². The van der Waals surface area contributed by atoms with Crippen LogP contribution in [0.4, 0.5) is 5.69 Å². The highest BCUT2D eigenvalue weighted by atomic mass is 32.1. The Bertz CT molecular complexity index is 473. The molecule has 0 aliphatic carbocycles. The van der Waals surface area contributed by atoms with Crippen molar-refractivity contribution >= 4 is 28.9 Å². The molecule has 1 saturated heterocycles. The van der Waals surface area contributed by atoms with Gasteiger partial charge < -0.3 is 15.4 Å². The molecule has 1 fully saturated rings. The molecule has 19 heavy (non-hydrogen) atoms. The zero-order chi connectivity index (χ0) is 13.8. The molecule has 0 saturated carbocycles. The molecular weight excluding hydrogens is 260 g/mol. The number of anilines is 1. The summed E-state index contributed by atoms with van der Waals surface area (Å²) < 4.78 is 5.12. The fraction of sp³-hybridized carbons (Fsp3) is 0.429. The molecule has 1 aliphatic rings. The van der Waals surface area contributed by atoms with Gasteiger partial charge in [0, 0.05) is 17.8 Å². The van der Waals surface area contributed by atoms with Crippen LogP contribution in [-0.4, -0.2) is 30.2 Å². The van der Waals surface area contributed by atoms with Gasteiger partial charge in [0.15, 0.2) is 0 Å². The first-order valence-corrected chi connectivity index (χ1v) is 6.87. The third-order valence-corrected chi connectivity index (χ3v) is 3.53. The van der Waals surface area contributed by atoms with E-state index in [0.29, 0.717) is 11.6 Å². The molecule has 1 unspecified atom stereocenters. The third kappa shape index (κ3) is 3.04. The van der Waals surface area contributed by atoms with Crippen LogP contribution in [0.15, 0.2) is 24.3 Å². The van der Waals surface area contributed by atoms with Crippen LogP contribution in [0.25, 0.3) is 0 Å². The Balaban J connectivity index is 2.15. The maximum absolute atomic E-state index is 11.9. The molecule has 1 atom stereocenters. The highest BCUT2D eigenvalue weighted by Gasteiger charge is 2.31. The topological polar surface area (TPSA) is 55.6 Å². The largest absolute Gasteiger partial charge is 0.464 e. The number of hydrogen-bond donors (Lipinski definition) is 1. The number of hydrogen-bond acceptors (Lipinski definition) is 4. The number of nitrogens with zero attached hydrogens (tertiary/aromatic N) is 1. The van der Waals surface area contributed by atoms with E-state index in [1.54, 1.807) is 0 Å². The Labute approximate surface area is 118 Å². The van der Waals surface area contributed by atoms with Crippen molar-refractivity contribution in [3.63, 3.8) is 0 Å². The van der Waals surface area contributed by atoms with Gasteiger partial charge in [-0.05, 0) is 44.0 Å². The van der Waals surface area contributed by atoms with E-state index in [-0.39, 0.29) is 12.0 Å². The molecule has 0 aromatic heterocycles. The Morgan fingerprint density at radius 1 is 1.47 bits per heavy atom.